The summed E-state index contributed by atoms with van der Waals surface area (Å²) < 4.78 is 17.5. The van der Waals surface area contributed by atoms with Crippen molar-refractivity contribution in [3.05, 3.63) is 95.7 Å². The topological polar surface area (TPSA) is 26.2 Å². The zero-order valence-corrected chi connectivity index (χ0v) is 19.5. The fourth-order valence-corrected chi connectivity index (χ4v) is 5.92. The van der Waals surface area contributed by atoms with Crippen molar-refractivity contribution in [2.75, 3.05) is 14.2 Å². The molecule has 0 amide bonds. The highest BCUT2D eigenvalue weighted by Gasteiger charge is 2.57. The van der Waals surface area contributed by atoms with E-state index in [1.165, 1.54) is 39.5 Å². The van der Waals surface area contributed by atoms with Crippen LogP contribution in [0, 0.1) is 13.8 Å². The van der Waals surface area contributed by atoms with E-state index in [0.29, 0.717) is 6.54 Å². The Bertz CT molecular complexity index is 1400. The quantitative estimate of drug-likeness (QED) is 0.330. The van der Waals surface area contributed by atoms with E-state index >= 15 is 0 Å². The minimum absolute atomic E-state index is 0.118. The maximum absolute atomic E-state index is 6.33. The van der Waals surface area contributed by atoms with Crippen molar-refractivity contribution in [3.63, 3.8) is 0 Å². The molecular weight excluding hydrogens is 408 g/mol. The van der Waals surface area contributed by atoms with Crippen LogP contribution in [0.25, 0.3) is 33.8 Å². The van der Waals surface area contributed by atoms with Gasteiger partial charge in [0.2, 0.25) is 23.6 Å². The van der Waals surface area contributed by atoms with E-state index < -0.39 is 5.79 Å². The fourth-order valence-electron chi connectivity index (χ4n) is 5.92. The third-order valence-corrected chi connectivity index (χ3v) is 7.51. The summed E-state index contributed by atoms with van der Waals surface area (Å²) in [6, 6.07) is 28.1. The molecule has 4 heterocycles. The molecule has 4 aromatic rings. The van der Waals surface area contributed by atoms with Gasteiger partial charge in [-0.3, -0.25) is 0 Å². The van der Waals surface area contributed by atoms with Crippen molar-refractivity contribution >= 4 is 0 Å². The number of hydrogen-bond donors (Lipinski definition) is 0. The number of benzene rings is 2. The fraction of sp³-hybridized carbons (Fsp3) is 0.241. The zero-order chi connectivity index (χ0) is 22.7. The van der Waals surface area contributed by atoms with Crippen molar-refractivity contribution in [1.29, 1.82) is 0 Å². The second-order valence-corrected chi connectivity index (χ2v) is 8.94. The summed E-state index contributed by atoms with van der Waals surface area (Å²) in [7, 11) is 3.52. The number of aryl methyl sites for hydroxylation is 1. The summed E-state index contributed by atoms with van der Waals surface area (Å²) in [4.78, 5) is 0. The predicted molar refractivity (Wildman–Crippen MR) is 127 cm³/mol. The van der Waals surface area contributed by atoms with Gasteiger partial charge in [-0.25, -0.2) is 0 Å². The predicted octanol–water partition coefficient (Wildman–Crippen LogP) is 4.89. The second kappa shape index (κ2) is 7.34. The van der Waals surface area contributed by atoms with Crippen LogP contribution in [0.3, 0.4) is 0 Å². The van der Waals surface area contributed by atoms with E-state index in [-0.39, 0.29) is 6.04 Å². The number of pyridine rings is 2. The molecule has 0 radical (unpaired) electrons. The largest absolute Gasteiger partial charge is 0.344 e. The van der Waals surface area contributed by atoms with Gasteiger partial charge in [0.25, 0.3) is 11.8 Å². The van der Waals surface area contributed by atoms with Gasteiger partial charge in [-0.2, -0.15) is 9.13 Å². The number of aromatic nitrogens is 2. The van der Waals surface area contributed by atoms with Crippen LogP contribution in [0.1, 0.15) is 22.9 Å². The summed E-state index contributed by atoms with van der Waals surface area (Å²) in [6.45, 7) is 5.12. The van der Waals surface area contributed by atoms with Crippen LogP contribution < -0.4 is 9.13 Å². The molecule has 0 saturated heterocycles. The van der Waals surface area contributed by atoms with Gasteiger partial charge in [-0.15, -0.1) is 0 Å². The lowest BCUT2D eigenvalue weighted by Crippen LogP contribution is -2.63. The number of hydrogen-bond acceptors (Lipinski definition) is 2. The Morgan fingerprint density at radius 2 is 1.27 bits per heavy atom. The standard InChI is InChI=1S/C29H28N2O2/c1-19-10-7-15-25-21-12-8-13-22(20(21)2)26-16-9-17-27-23-11-5-6-14-24(23)29(32-3,33-4)28(31(26)27)18-30(19)25/h5-17,28H,18H2,1-4H3/q+2. The number of methoxy groups -OCH3 is 2. The van der Waals surface area contributed by atoms with Crippen molar-refractivity contribution in [2.45, 2.75) is 32.2 Å². The molecule has 33 heavy (non-hydrogen) atoms. The lowest BCUT2D eigenvalue weighted by molar-refractivity contribution is -0.806. The highest BCUT2D eigenvalue weighted by Crippen LogP contribution is 2.46. The molecule has 2 aliphatic rings. The van der Waals surface area contributed by atoms with Crippen LogP contribution in [0.2, 0.25) is 0 Å². The van der Waals surface area contributed by atoms with Gasteiger partial charge >= 0.3 is 0 Å². The molecular formula is C29H28N2O2+2. The number of ether oxygens (including phenoxy) is 2. The minimum atomic E-state index is -0.929. The van der Waals surface area contributed by atoms with Crippen molar-refractivity contribution < 1.29 is 18.6 Å². The average Bonchev–Trinajstić information content (AvgIpc) is 2.87. The summed E-state index contributed by atoms with van der Waals surface area (Å²) in [6.07, 6.45) is 0. The number of rotatable bonds is 2. The first-order valence-electron chi connectivity index (χ1n) is 11.4. The van der Waals surface area contributed by atoms with E-state index in [4.69, 9.17) is 9.47 Å². The molecule has 2 bridgehead atoms. The van der Waals surface area contributed by atoms with Crippen LogP contribution in [-0.2, 0) is 21.8 Å². The summed E-state index contributed by atoms with van der Waals surface area (Å²) >= 11 is 0. The summed E-state index contributed by atoms with van der Waals surface area (Å²) in [5, 5.41) is 0. The second-order valence-electron chi connectivity index (χ2n) is 8.94. The number of fused-ring (bicyclic) bond motifs is 7. The Balaban J connectivity index is 1.81. The Morgan fingerprint density at radius 1 is 0.697 bits per heavy atom. The zero-order valence-electron chi connectivity index (χ0n) is 19.5. The molecule has 1 unspecified atom stereocenters. The third kappa shape index (κ3) is 2.65. The van der Waals surface area contributed by atoms with Gasteiger partial charge in [0.05, 0.1) is 5.56 Å². The van der Waals surface area contributed by atoms with Crippen molar-refractivity contribution in [1.82, 2.24) is 0 Å². The molecule has 2 aliphatic heterocycles. The highest BCUT2D eigenvalue weighted by molar-refractivity contribution is 5.74. The van der Waals surface area contributed by atoms with Gasteiger partial charge in [0.1, 0.15) is 0 Å². The van der Waals surface area contributed by atoms with Crippen LogP contribution in [-0.4, -0.2) is 14.2 Å². The first kappa shape index (κ1) is 20.3. The first-order chi connectivity index (χ1) is 16.1. The summed E-state index contributed by atoms with van der Waals surface area (Å²) in [5.74, 6) is -0.929. The number of nitrogens with zero attached hydrogens (tertiary/aromatic N) is 2. The molecule has 0 N–H and O–H groups in total. The lowest BCUT2D eigenvalue weighted by atomic mass is 9.85. The maximum atomic E-state index is 6.33. The van der Waals surface area contributed by atoms with Gasteiger partial charge in [0, 0.05) is 62.1 Å². The molecule has 4 heteroatoms. The Kier molecular flexibility index (Phi) is 4.51. The van der Waals surface area contributed by atoms with Crippen LogP contribution in [0.5, 0.6) is 0 Å². The normalized spacial score (nSPS) is 17.2. The Hall–Kier alpha value is -3.34. The van der Waals surface area contributed by atoms with E-state index in [0.717, 1.165) is 11.1 Å². The van der Waals surface area contributed by atoms with E-state index in [2.05, 4.69) is 102 Å². The van der Waals surface area contributed by atoms with Crippen molar-refractivity contribution in [3.8, 4) is 33.8 Å². The van der Waals surface area contributed by atoms with Gasteiger partial charge in [-0.1, -0.05) is 24.3 Å². The average molecular weight is 437 g/mol. The van der Waals surface area contributed by atoms with Crippen LogP contribution >= 0.6 is 0 Å². The van der Waals surface area contributed by atoms with Crippen molar-refractivity contribution in [2.24, 2.45) is 0 Å². The van der Waals surface area contributed by atoms with E-state index in [1.807, 2.05) is 0 Å². The van der Waals surface area contributed by atoms with Crippen LogP contribution in [0.15, 0.2) is 78.9 Å². The summed E-state index contributed by atoms with van der Waals surface area (Å²) in [5.41, 5.74) is 10.7. The molecule has 4 nitrogen and oxygen atoms in total. The molecule has 0 fully saturated rings. The molecule has 164 valence electrons. The van der Waals surface area contributed by atoms with Gasteiger partial charge < -0.3 is 9.47 Å². The third-order valence-electron chi connectivity index (χ3n) is 7.51. The first-order valence-corrected chi connectivity index (χ1v) is 11.4. The van der Waals surface area contributed by atoms with Crippen LogP contribution in [0.4, 0.5) is 0 Å². The molecule has 0 aliphatic carbocycles. The lowest BCUT2D eigenvalue weighted by Gasteiger charge is -2.38. The monoisotopic (exact) mass is 436 g/mol. The van der Waals surface area contributed by atoms with Gasteiger partial charge in [0.15, 0.2) is 5.69 Å². The molecule has 6 rings (SSSR count). The highest BCUT2D eigenvalue weighted by atomic mass is 16.7. The molecule has 0 saturated carbocycles. The maximum Gasteiger partial charge on any atom is 0.275 e. The molecule has 1 atom stereocenters. The van der Waals surface area contributed by atoms with E-state index in [9.17, 15) is 0 Å². The van der Waals surface area contributed by atoms with E-state index in [1.54, 1.807) is 14.2 Å². The minimum Gasteiger partial charge on any atom is -0.344 e. The molecule has 2 aromatic carbocycles. The Morgan fingerprint density at radius 3 is 2.03 bits per heavy atom. The smallest absolute Gasteiger partial charge is 0.275 e. The Labute approximate surface area is 194 Å². The van der Waals surface area contributed by atoms with Gasteiger partial charge in [-0.05, 0) is 42.8 Å². The SMILES string of the molecule is COC1(OC)c2ccccc2-c2cccc3[n+]2C1C[n+]1c(C)cccc1-c1cccc-3c1C. The molecule has 0 spiro atoms. The molecule has 2 aromatic heterocycles.